The van der Waals surface area contributed by atoms with Crippen molar-refractivity contribution < 1.29 is 14.3 Å². The van der Waals surface area contributed by atoms with Gasteiger partial charge in [-0.2, -0.15) is 0 Å². The smallest absolute Gasteiger partial charge is 0.338 e. The average Bonchev–Trinajstić information content (AvgIpc) is 2.64. The lowest BCUT2D eigenvalue weighted by atomic mass is 9.97. The molecule has 0 fully saturated rings. The Balaban J connectivity index is 1.90. The maximum Gasteiger partial charge on any atom is 0.338 e. The van der Waals surface area contributed by atoms with Crippen LogP contribution in [0.3, 0.4) is 0 Å². The molecule has 0 aromatic heterocycles. The van der Waals surface area contributed by atoms with Crippen LogP contribution in [-0.2, 0) is 4.74 Å². The Kier molecular flexibility index (Phi) is 8.14. The summed E-state index contributed by atoms with van der Waals surface area (Å²) in [4.78, 5) is 24.4. The summed E-state index contributed by atoms with van der Waals surface area (Å²) in [5.41, 5.74) is 0.994. The fourth-order valence-electron chi connectivity index (χ4n) is 2.68. The lowest BCUT2D eigenvalue weighted by Crippen LogP contribution is -2.32. The lowest BCUT2D eigenvalue weighted by molar-refractivity contribution is 0.0423. The van der Waals surface area contributed by atoms with Gasteiger partial charge in [0.1, 0.15) is 0 Å². The topological polar surface area (TPSA) is 55.4 Å². The first-order valence-corrected chi connectivity index (χ1v) is 9.57. The molecule has 2 aromatic rings. The molecule has 0 bridgehead atoms. The molecular formula is C21H23Cl2NO3. The summed E-state index contributed by atoms with van der Waals surface area (Å²) < 4.78 is 5.43. The number of carbonyl (C=O) groups is 2. The Labute approximate surface area is 169 Å². The highest BCUT2D eigenvalue weighted by molar-refractivity contribution is 6.31. The quantitative estimate of drug-likeness (QED) is 0.608. The van der Waals surface area contributed by atoms with Crippen molar-refractivity contribution in [1.29, 1.82) is 0 Å². The summed E-state index contributed by atoms with van der Waals surface area (Å²) in [5, 5.41) is 4.05. The molecule has 1 N–H and O–H groups in total. The number of hydrogen-bond donors (Lipinski definition) is 1. The molecule has 27 heavy (non-hydrogen) atoms. The molecule has 0 radical (unpaired) electrons. The maximum absolute atomic E-state index is 12.3. The van der Waals surface area contributed by atoms with Crippen molar-refractivity contribution in [2.75, 3.05) is 13.2 Å². The minimum absolute atomic E-state index is 0.0255. The van der Waals surface area contributed by atoms with E-state index >= 15 is 0 Å². The normalized spacial score (nSPS) is 11.9. The standard InChI is InChI=1S/C21H23Cl2NO3/c1-14(2)11-15(12-24-20(25)16-3-7-18(22)8-4-16)13-27-21(26)17-5-9-19(23)10-6-17/h3-10,14-15H,11-13H2,1-2H3,(H,24,25). The Morgan fingerprint density at radius 3 is 1.96 bits per heavy atom. The Hall–Kier alpha value is -2.04. The van der Waals surface area contributed by atoms with E-state index in [9.17, 15) is 9.59 Å². The zero-order valence-electron chi connectivity index (χ0n) is 15.4. The molecule has 0 heterocycles. The van der Waals surface area contributed by atoms with Gasteiger partial charge in [0, 0.05) is 28.1 Å². The van der Waals surface area contributed by atoms with Crippen LogP contribution in [0.25, 0.3) is 0 Å². The number of esters is 1. The van der Waals surface area contributed by atoms with Gasteiger partial charge in [-0.15, -0.1) is 0 Å². The Morgan fingerprint density at radius 1 is 0.926 bits per heavy atom. The van der Waals surface area contributed by atoms with Crippen LogP contribution in [0.4, 0.5) is 0 Å². The van der Waals surface area contributed by atoms with E-state index in [-0.39, 0.29) is 18.4 Å². The monoisotopic (exact) mass is 407 g/mol. The molecular weight excluding hydrogens is 385 g/mol. The van der Waals surface area contributed by atoms with Gasteiger partial charge in [-0.25, -0.2) is 4.79 Å². The van der Waals surface area contributed by atoms with Gasteiger partial charge in [0.2, 0.25) is 0 Å². The molecule has 1 unspecified atom stereocenters. The molecule has 2 aromatic carbocycles. The van der Waals surface area contributed by atoms with Gasteiger partial charge < -0.3 is 10.1 Å². The molecule has 0 saturated carbocycles. The van der Waals surface area contributed by atoms with Crippen molar-refractivity contribution >= 4 is 35.1 Å². The van der Waals surface area contributed by atoms with Crippen LogP contribution in [0.5, 0.6) is 0 Å². The number of nitrogens with one attached hydrogen (secondary N) is 1. The molecule has 1 amide bonds. The fraction of sp³-hybridized carbons (Fsp3) is 0.333. The minimum Gasteiger partial charge on any atom is -0.462 e. The molecule has 0 saturated heterocycles. The molecule has 0 aliphatic carbocycles. The van der Waals surface area contributed by atoms with Gasteiger partial charge in [-0.05, 0) is 60.9 Å². The van der Waals surface area contributed by atoms with Gasteiger partial charge in [-0.3, -0.25) is 4.79 Å². The van der Waals surface area contributed by atoms with Crippen molar-refractivity contribution in [2.24, 2.45) is 11.8 Å². The van der Waals surface area contributed by atoms with Gasteiger partial charge in [0.15, 0.2) is 0 Å². The third-order valence-corrected chi connectivity index (χ3v) is 4.50. The molecule has 1 atom stereocenters. The van der Waals surface area contributed by atoms with Crippen molar-refractivity contribution in [3.8, 4) is 0 Å². The third-order valence-electron chi connectivity index (χ3n) is 3.99. The van der Waals surface area contributed by atoms with E-state index in [0.717, 1.165) is 6.42 Å². The van der Waals surface area contributed by atoms with E-state index in [1.807, 2.05) is 0 Å². The lowest BCUT2D eigenvalue weighted by Gasteiger charge is -2.19. The first-order valence-electron chi connectivity index (χ1n) is 8.81. The van der Waals surface area contributed by atoms with Crippen LogP contribution in [0.15, 0.2) is 48.5 Å². The maximum atomic E-state index is 12.3. The van der Waals surface area contributed by atoms with E-state index in [1.54, 1.807) is 48.5 Å². The molecule has 0 spiro atoms. The number of benzene rings is 2. The number of ether oxygens (including phenoxy) is 1. The van der Waals surface area contributed by atoms with Crippen molar-refractivity contribution in [2.45, 2.75) is 20.3 Å². The van der Waals surface area contributed by atoms with E-state index in [0.29, 0.717) is 33.6 Å². The minimum atomic E-state index is -0.399. The molecule has 0 aliphatic heterocycles. The molecule has 2 rings (SSSR count). The van der Waals surface area contributed by atoms with Gasteiger partial charge in [0.05, 0.1) is 12.2 Å². The second kappa shape index (κ2) is 10.3. The largest absolute Gasteiger partial charge is 0.462 e. The second-order valence-corrected chi connectivity index (χ2v) is 7.69. The van der Waals surface area contributed by atoms with Crippen molar-refractivity contribution in [3.63, 3.8) is 0 Å². The first kappa shape index (κ1) is 21.3. The zero-order chi connectivity index (χ0) is 19.8. The summed E-state index contributed by atoms with van der Waals surface area (Å²) in [6.45, 7) is 4.85. The van der Waals surface area contributed by atoms with Crippen LogP contribution in [0.2, 0.25) is 10.0 Å². The van der Waals surface area contributed by atoms with Gasteiger partial charge >= 0.3 is 5.97 Å². The SMILES string of the molecule is CC(C)CC(CNC(=O)c1ccc(Cl)cc1)COC(=O)c1ccc(Cl)cc1. The number of amides is 1. The number of rotatable bonds is 8. The predicted molar refractivity (Wildman–Crippen MR) is 108 cm³/mol. The summed E-state index contributed by atoms with van der Waals surface area (Å²) >= 11 is 11.7. The fourth-order valence-corrected chi connectivity index (χ4v) is 2.93. The summed E-state index contributed by atoms with van der Waals surface area (Å²) in [6, 6.07) is 13.3. The highest BCUT2D eigenvalue weighted by Gasteiger charge is 2.17. The van der Waals surface area contributed by atoms with E-state index < -0.39 is 5.97 Å². The van der Waals surface area contributed by atoms with E-state index in [2.05, 4.69) is 19.2 Å². The summed E-state index contributed by atoms with van der Waals surface area (Å²) in [7, 11) is 0. The summed E-state index contributed by atoms with van der Waals surface area (Å²) in [6.07, 6.45) is 0.828. The molecule has 144 valence electrons. The van der Waals surface area contributed by atoms with Crippen LogP contribution >= 0.6 is 23.2 Å². The third kappa shape index (κ3) is 7.24. The van der Waals surface area contributed by atoms with Crippen LogP contribution in [0.1, 0.15) is 41.0 Å². The van der Waals surface area contributed by atoms with Crippen molar-refractivity contribution in [1.82, 2.24) is 5.32 Å². The van der Waals surface area contributed by atoms with Crippen LogP contribution < -0.4 is 5.32 Å². The highest BCUT2D eigenvalue weighted by atomic mass is 35.5. The number of hydrogen-bond acceptors (Lipinski definition) is 3. The van der Waals surface area contributed by atoms with Gasteiger partial charge in [-0.1, -0.05) is 37.0 Å². The zero-order valence-corrected chi connectivity index (χ0v) is 16.9. The summed E-state index contributed by atoms with van der Waals surface area (Å²) in [5.74, 6) is -0.136. The van der Waals surface area contributed by atoms with Crippen LogP contribution in [0, 0.1) is 11.8 Å². The average molecular weight is 408 g/mol. The molecule has 4 nitrogen and oxygen atoms in total. The number of carbonyl (C=O) groups excluding carboxylic acids is 2. The second-order valence-electron chi connectivity index (χ2n) is 6.82. The predicted octanol–water partition coefficient (Wildman–Crippen LogP) is 5.24. The van der Waals surface area contributed by atoms with Gasteiger partial charge in [0.25, 0.3) is 5.91 Å². The van der Waals surface area contributed by atoms with Crippen LogP contribution in [-0.4, -0.2) is 25.0 Å². The van der Waals surface area contributed by atoms with E-state index in [1.165, 1.54) is 0 Å². The molecule has 6 heteroatoms. The van der Waals surface area contributed by atoms with Crippen molar-refractivity contribution in [3.05, 3.63) is 69.7 Å². The van der Waals surface area contributed by atoms with E-state index in [4.69, 9.17) is 27.9 Å². The Morgan fingerprint density at radius 2 is 1.44 bits per heavy atom. The highest BCUT2D eigenvalue weighted by Crippen LogP contribution is 2.15. The first-order chi connectivity index (χ1) is 12.8. The molecule has 0 aliphatic rings. The Bertz CT molecular complexity index is 697. The number of halogens is 2.